The number of hydrogen-bond donors (Lipinski definition) is 0. The van der Waals surface area contributed by atoms with Crippen LogP contribution < -0.4 is 18.9 Å². The number of benzene rings is 1. The van der Waals surface area contributed by atoms with E-state index in [1.54, 1.807) is 0 Å². The van der Waals surface area contributed by atoms with Crippen molar-refractivity contribution in [2.75, 3.05) is 0 Å². The molecule has 2 aromatic rings. The van der Waals surface area contributed by atoms with Gasteiger partial charge in [0, 0.05) is 5.56 Å². The zero-order valence-electron chi connectivity index (χ0n) is 9.52. The second-order valence-electron chi connectivity index (χ2n) is 3.51. The quantitative estimate of drug-likeness (QED) is 0.397. The minimum absolute atomic E-state index is 0. The fourth-order valence-electron chi connectivity index (χ4n) is 1.38. The predicted octanol–water partition coefficient (Wildman–Crippen LogP) is 1.08. The van der Waals surface area contributed by atoms with Crippen molar-refractivity contribution in [3.63, 3.8) is 0 Å². The van der Waals surface area contributed by atoms with Crippen LogP contribution in [-0.4, -0.2) is 4.98 Å². The summed E-state index contributed by atoms with van der Waals surface area (Å²) in [5, 5.41) is 0.0935. The van der Waals surface area contributed by atoms with E-state index < -0.39 is 23.6 Å². The van der Waals surface area contributed by atoms with Crippen LogP contribution in [0.15, 0.2) is 24.3 Å². The minimum Gasteiger partial charge on any atom is -0.340 e. The average Bonchev–Trinajstić information content (AvgIpc) is 2.25. The van der Waals surface area contributed by atoms with Gasteiger partial charge in [0.05, 0.1) is 5.69 Å². The van der Waals surface area contributed by atoms with Gasteiger partial charge in [0.15, 0.2) is 0 Å². The summed E-state index contributed by atoms with van der Waals surface area (Å²) in [6, 6.07) is 5.24. The van der Waals surface area contributed by atoms with Crippen LogP contribution in [0.25, 0.3) is 10.9 Å². The Labute approximate surface area is 115 Å². The van der Waals surface area contributed by atoms with Crippen LogP contribution in [0, 0.1) is 6.07 Å². The summed E-state index contributed by atoms with van der Waals surface area (Å²) < 4.78 is 74.2. The van der Waals surface area contributed by atoms with Crippen molar-refractivity contribution in [1.29, 1.82) is 0 Å². The van der Waals surface area contributed by atoms with Gasteiger partial charge in [-0.25, -0.2) is 0 Å². The standard InChI is InChI=1S/C11H4F6N.Li/c12-10(13,14)7-3-1-6-2-4-9(11(15,16)17)18-8(6)5-7;/h1,3-5H;/q-1;+1. The van der Waals surface area contributed by atoms with E-state index in [2.05, 4.69) is 11.1 Å². The third-order valence-corrected chi connectivity index (χ3v) is 2.22. The van der Waals surface area contributed by atoms with E-state index in [1.165, 1.54) is 0 Å². The van der Waals surface area contributed by atoms with E-state index in [1.807, 2.05) is 0 Å². The van der Waals surface area contributed by atoms with Crippen molar-refractivity contribution < 1.29 is 45.2 Å². The van der Waals surface area contributed by atoms with Gasteiger partial charge in [0.2, 0.25) is 0 Å². The second kappa shape index (κ2) is 5.06. The van der Waals surface area contributed by atoms with Gasteiger partial charge in [-0.1, -0.05) is 12.1 Å². The molecule has 96 valence electrons. The fraction of sp³-hybridized carbons (Fsp3) is 0.182. The molecule has 0 aliphatic rings. The Kier molecular flexibility index (Phi) is 4.23. The Balaban J connectivity index is 0.00000180. The van der Waals surface area contributed by atoms with Crippen LogP contribution in [0.3, 0.4) is 0 Å². The molecule has 0 aliphatic heterocycles. The molecule has 1 nitrogen and oxygen atoms in total. The molecular weight excluding hydrogens is 267 g/mol. The molecular formula is C11H4F6LiN. The van der Waals surface area contributed by atoms with Gasteiger partial charge < -0.3 is 4.98 Å². The van der Waals surface area contributed by atoms with Crippen molar-refractivity contribution in [2.24, 2.45) is 0 Å². The number of aromatic nitrogens is 1. The predicted molar refractivity (Wildman–Crippen MR) is 50.6 cm³/mol. The SMILES string of the molecule is FC(F)(F)c1ccc2[c-]cc(C(F)(F)F)nc2c1.[Li+]. The molecule has 0 saturated heterocycles. The number of hydrogen-bond acceptors (Lipinski definition) is 1. The molecule has 0 bridgehead atoms. The first-order chi connectivity index (χ1) is 8.18. The summed E-state index contributed by atoms with van der Waals surface area (Å²) in [5.41, 5.74) is -2.70. The number of alkyl halides is 6. The van der Waals surface area contributed by atoms with Crippen LogP contribution in [0.1, 0.15) is 11.3 Å². The van der Waals surface area contributed by atoms with Crippen molar-refractivity contribution in [3.8, 4) is 0 Å². The van der Waals surface area contributed by atoms with Gasteiger partial charge in [-0.15, -0.1) is 23.6 Å². The van der Waals surface area contributed by atoms with Gasteiger partial charge in [-0.3, -0.25) is 0 Å². The minimum atomic E-state index is -4.71. The largest absolute Gasteiger partial charge is 1.00 e. The monoisotopic (exact) mass is 271 g/mol. The summed E-state index contributed by atoms with van der Waals surface area (Å²) in [5.74, 6) is 0. The molecule has 0 saturated carbocycles. The van der Waals surface area contributed by atoms with E-state index >= 15 is 0 Å². The molecule has 19 heavy (non-hydrogen) atoms. The molecule has 0 fully saturated rings. The van der Waals surface area contributed by atoms with Gasteiger partial charge in [-0.2, -0.15) is 26.3 Å². The molecule has 0 atom stereocenters. The zero-order chi connectivity index (χ0) is 13.6. The number of nitrogens with zero attached hydrogens (tertiary/aromatic N) is 1. The summed E-state index contributed by atoms with van der Waals surface area (Å²) in [6.07, 6.45) is -9.33. The van der Waals surface area contributed by atoms with Crippen molar-refractivity contribution in [3.05, 3.63) is 41.6 Å². The topological polar surface area (TPSA) is 12.9 Å². The maximum Gasteiger partial charge on any atom is 1.00 e. The van der Waals surface area contributed by atoms with Gasteiger partial charge in [-0.05, 0) is 5.52 Å². The third kappa shape index (κ3) is 3.42. The molecule has 0 radical (unpaired) electrons. The maximum absolute atomic E-state index is 12.4. The molecule has 1 heterocycles. The van der Waals surface area contributed by atoms with Crippen LogP contribution in [0.2, 0.25) is 0 Å². The molecule has 0 N–H and O–H groups in total. The average molecular weight is 271 g/mol. The number of pyridine rings is 1. The van der Waals surface area contributed by atoms with Crippen molar-refractivity contribution >= 4 is 10.9 Å². The first kappa shape index (κ1) is 15.9. The molecule has 1 aromatic carbocycles. The Morgan fingerprint density at radius 1 is 0.947 bits per heavy atom. The van der Waals surface area contributed by atoms with Crippen LogP contribution in [0.5, 0.6) is 0 Å². The molecule has 1 aromatic heterocycles. The summed E-state index contributed by atoms with van der Waals surface area (Å²) >= 11 is 0. The zero-order valence-corrected chi connectivity index (χ0v) is 9.52. The van der Waals surface area contributed by atoms with E-state index in [0.717, 1.165) is 12.1 Å². The Morgan fingerprint density at radius 2 is 1.58 bits per heavy atom. The van der Waals surface area contributed by atoms with Gasteiger partial charge in [0.1, 0.15) is 0 Å². The molecule has 0 amide bonds. The normalized spacial score (nSPS) is 12.3. The third-order valence-electron chi connectivity index (χ3n) is 2.22. The first-order valence-corrected chi connectivity index (χ1v) is 4.65. The molecule has 0 unspecified atom stereocenters. The molecule has 2 rings (SSSR count). The number of rotatable bonds is 0. The first-order valence-electron chi connectivity index (χ1n) is 4.65. The smallest absolute Gasteiger partial charge is 0.340 e. The number of halogens is 6. The maximum atomic E-state index is 12.4. The van der Waals surface area contributed by atoms with E-state index in [9.17, 15) is 26.3 Å². The van der Waals surface area contributed by atoms with Crippen LogP contribution >= 0.6 is 0 Å². The summed E-state index contributed by atoms with van der Waals surface area (Å²) in [7, 11) is 0. The molecule has 8 heteroatoms. The Bertz CT molecular complexity index is 541. The van der Waals surface area contributed by atoms with E-state index in [-0.39, 0.29) is 29.8 Å². The van der Waals surface area contributed by atoms with Gasteiger partial charge >= 0.3 is 31.2 Å². The Morgan fingerprint density at radius 3 is 2.11 bits per heavy atom. The van der Waals surface area contributed by atoms with E-state index in [4.69, 9.17) is 0 Å². The van der Waals surface area contributed by atoms with Gasteiger partial charge in [0.25, 0.3) is 0 Å². The van der Waals surface area contributed by atoms with Crippen molar-refractivity contribution in [2.45, 2.75) is 12.4 Å². The summed E-state index contributed by atoms with van der Waals surface area (Å²) in [4.78, 5) is 3.16. The van der Waals surface area contributed by atoms with E-state index in [0.29, 0.717) is 12.1 Å². The molecule has 0 aliphatic carbocycles. The number of fused-ring (bicyclic) bond motifs is 1. The van der Waals surface area contributed by atoms with Crippen molar-refractivity contribution in [1.82, 2.24) is 4.98 Å². The molecule has 0 spiro atoms. The summed E-state index contributed by atoms with van der Waals surface area (Å²) in [6.45, 7) is 0. The second-order valence-corrected chi connectivity index (χ2v) is 3.51. The Hall–Kier alpha value is -1.19. The van der Waals surface area contributed by atoms with Crippen LogP contribution in [-0.2, 0) is 12.4 Å². The fourth-order valence-corrected chi connectivity index (χ4v) is 1.38. The van der Waals surface area contributed by atoms with Crippen LogP contribution in [0.4, 0.5) is 26.3 Å².